The van der Waals surface area contributed by atoms with Gasteiger partial charge in [0.1, 0.15) is 0 Å². The first-order valence-corrected chi connectivity index (χ1v) is 6.62. The van der Waals surface area contributed by atoms with E-state index in [0.29, 0.717) is 11.9 Å². The molecule has 0 saturated carbocycles. The van der Waals surface area contributed by atoms with Crippen LogP contribution in [0.2, 0.25) is 0 Å². The first kappa shape index (κ1) is 12.5. The molecule has 17 heavy (non-hydrogen) atoms. The summed E-state index contributed by atoms with van der Waals surface area (Å²) in [6, 6.07) is 11.0. The SMILES string of the molecule is CC1=CN(c2ccccc2)C(CNCCCl)C1. The van der Waals surface area contributed by atoms with Gasteiger partial charge in [0, 0.05) is 36.9 Å². The second kappa shape index (κ2) is 6.08. The van der Waals surface area contributed by atoms with Crippen LogP contribution in [0, 0.1) is 0 Å². The van der Waals surface area contributed by atoms with Crippen molar-refractivity contribution in [3.63, 3.8) is 0 Å². The van der Waals surface area contributed by atoms with Crippen molar-refractivity contribution in [2.24, 2.45) is 0 Å². The second-order valence-electron chi connectivity index (χ2n) is 4.47. The zero-order chi connectivity index (χ0) is 12.1. The minimum absolute atomic E-state index is 0.514. The first-order valence-electron chi connectivity index (χ1n) is 6.08. The highest BCUT2D eigenvalue weighted by Gasteiger charge is 2.22. The van der Waals surface area contributed by atoms with E-state index in [1.165, 1.54) is 11.3 Å². The van der Waals surface area contributed by atoms with E-state index in [9.17, 15) is 0 Å². The van der Waals surface area contributed by atoms with E-state index in [1.54, 1.807) is 0 Å². The molecule has 0 aromatic heterocycles. The van der Waals surface area contributed by atoms with Crippen LogP contribution in [0.1, 0.15) is 13.3 Å². The summed E-state index contributed by atoms with van der Waals surface area (Å²) < 4.78 is 0. The lowest BCUT2D eigenvalue weighted by Gasteiger charge is -2.26. The van der Waals surface area contributed by atoms with Crippen LogP contribution in [-0.4, -0.2) is 25.0 Å². The Morgan fingerprint density at radius 2 is 2.12 bits per heavy atom. The molecule has 0 aliphatic carbocycles. The molecule has 1 unspecified atom stereocenters. The van der Waals surface area contributed by atoms with Crippen molar-refractivity contribution in [1.82, 2.24) is 5.32 Å². The molecule has 0 amide bonds. The molecule has 2 rings (SSSR count). The molecule has 92 valence electrons. The molecule has 1 aliphatic heterocycles. The van der Waals surface area contributed by atoms with Gasteiger partial charge in [-0.15, -0.1) is 11.6 Å². The maximum atomic E-state index is 5.68. The summed E-state index contributed by atoms with van der Waals surface area (Å²) in [5, 5.41) is 3.39. The Morgan fingerprint density at radius 3 is 2.82 bits per heavy atom. The zero-order valence-corrected chi connectivity index (χ0v) is 11.0. The van der Waals surface area contributed by atoms with E-state index in [-0.39, 0.29) is 0 Å². The van der Waals surface area contributed by atoms with Crippen LogP contribution >= 0.6 is 11.6 Å². The van der Waals surface area contributed by atoms with E-state index in [2.05, 4.69) is 53.7 Å². The maximum absolute atomic E-state index is 5.68. The molecular formula is C14H19ClN2. The normalized spacial score (nSPS) is 19.5. The van der Waals surface area contributed by atoms with Crippen molar-refractivity contribution in [1.29, 1.82) is 0 Å². The average Bonchev–Trinajstić information content (AvgIpc) is 2.72. The number of alkyl halides is 1. The van der Waals surface area contributed by atoms with Crippen LogP contribution in [0.25, 0.3) is 0 Å². The van der Waals surface area contributed by atoms with E-state index in [1.807, 2.05) is 0 Å². The van der Waals surface area contributed by atoms with Crippen LogP contribution in [-0.2, 0) is 0 Å². The molecule has 0 saturated heterocycles. The van der Waals surface area contributed by atoms with Crippen molar-refractivity contribution in [2.75, 3.05) is 23.9 Å². The van der Waals surface area contributed by atoms with Crippen LogP contribution < -0.4 is 10.2 Å². The highest BCUT2D eigenvalue weighted by atomic mass is 35.5. The number of nitrogens with zero attached hydrogens (tertiary/aromatic N) is 1. The number of hydrogen-bond acceptors (Lipinski definition) is 2. The Hall–Kier alpha value is -0.990. The standard InChI is InChI=1S/C14H19ClN2/c1-12-9-14(10-16-8-7-15)17(11-12)13-5-3-2-4-6-13/h2-6,11,14,16H,7-10H2,1H3. The van der Waals surface area contributed by atoms with E-state index in [0.717, 1.165) is 19.5 Å². The number of benzene rings is 1. The van der Waals surface area contributed by atoms with Gasteiger partial charge in [-0.3, -0.25) is 0 Å². The number of halogens is 1. The summed E-state index contributed by atoms with van der Waals surface area (Å²) in [6.07, 6.45) is 3.38. The predicted molar refractivity (Wildman–Crippen MR) is 74.7 cm³/mol. The Balaban J connectivity index is 2.03. The van der Waals surface area contributed by atoms with Gasteiger partial charge in [-0.2, -0.15) is 0 Å². The number of nitrogens with one attached hydrogen (secondary N) is 1. The summed E-state index contributed by atoms with van der Waals surface area (Å²) in [5.74, 6) is 0.671. The van der Waals surface area contributed by atoms with Crippen LogP contribution in [0.15, 0.2) is 42.1 Å². The number of anilines is 1. The molecule has 0 bridgehead atoms. The third-order valence-corrected chi connectivity index (χ3v) is 3.21. The third kappa shape index (κ3) is 3.24. The third-order valence-electron chi connectivity index (χ3n) is 3.02. The molecule has 1 aliphatic rings. The van der Waals surface area contributed by atoms with Crippen molar-refractivity contribution in [3.05, 3.63) is 42.1 Å². The topological polar surface area (TPSA) is 15.3 Å². The zero-order valence-electron chi connectivity index (χ0n) is 10.2. The van der Waals surface area contributed by atoms with Gasteiger partial charge < -0.3 is 10.2 Å². The Bertz CT molecular complexity index is 375. The van der Waals surface area contributed by atoms with E-state index in [4.69, 9.17) is 11.6 Å². The summed E-state index contributed by atoms with van der Waals surface area (Å²) in [7, 11) is 0. The largest absolute Gasteiger partial charge is 0.343 e. The quantitative estimate of drug-likeness (QED) is 0.639. The van der Waals surface area contributed by atoms with Gasteiger partial charge in [-0.1, -0.05) is 23.8 Å². The van der Waals surface area contributed by atoms with Gasteiger partial charge >= 0.3 is 0 Å². The Kier molecular flexibility index (Phi) is 4.46. The van der Waals surface area contributed by atoms with Gasteiger partial charge in [-0.05, 0) is 25.5 Å². The van der Waals surface area contributed by atoms with E-state index >= 15 is 0 Å². The summed E-state index contributed by atoms with van der Waals surface area (Å²) in [4.78, 5) is 2.36. The molecule has 2 nitrogen and oxygen atoms in total. The lowest BCUT2D eigenvalue weighted by Crippen LogP contribution is -2.37. The molecule has 0 radical (unpaired) electrons. The lowest BCUT2D eigenvalue weighted by atomic mass is 10.1. The van der Waals surface area contributed by atoms with Gasteiger partial charge in [0.05, 0.1) is 0 Å². The van der Waals surface area contributed by atoms with Crippen LogP contribution in [0.5, 0.6) is 0 Å². The van der Waals surface area contributed by atoms with Crippen LogP contribution in [0.4, 0.5) is 5.69 Å². The lowest BCUT2D eigenvalue weighted by molar-refractivity contribution is 0.595. The fraction of sp³-hybridized carbons (Fsp3) is 0.429. The Labute approximate surface area is 108 Å². The molecule has 1 heterocycles. The summed E-state index contributed by atoms with van der Waals surface area (Å²) >= 11 is 5.68. The van der Waals surface area contributed by atoms with Crippen molar-refractivity contribution in [2.45, 2.75) is 19.4 Å². The molecule has 0 fully saturated rings. The number of hydrogen-bond donors (Lipinski definition) is 1. The molecule has 0 spiro atoms. The van der Waals surface area contributed by atoms with E-state index < -0.39 is 0 Å². The van der Waals surface area contributed by atoms with Gasteiger partial charge in [0.2, 0.25) is 0 Å². The van der Waals surface area contributed by atoms with Crippen molar-refractivity contribution in [3.8, 4) is 0 Å². The molecule has 1 N–H and O–H groups in total. The molecular weight excluding hydrogens is 232 g/mol. The van der Waals surface area contributed by atoms with Gasteiger partial charge in [0.15, 0.2) is 0 Å². The molecule has 1 aromatic carbocycles. The number of para-hydroxylation sites is 1. The fourth-order valence-corrected chi connectivity index (χ4v) is 2.39. The van der Waals surface area contributed by atoms with Gasteiger partial charge in [0.25, 0.3) is 0 Å². The second-order valence-corrected chi connectivity index (χ2v) is 4.85. The molecule has 1 aromatic rings. The molecule has 1 atom stereocenters. The fourth-order valence-electron chi connectivity index (χ4n) is 2.26. The molecule has 3 heteroatoms. The summed E-state index contributed by atoms with van der Waals surface area (Å²) in [5.41, 5.74) is 2.70. The minimum atomic E-state index is 0.514. The monoisotopic (exact) mass is 250 g/mol. The van der Waals surface area contributed by atoms with Crippen LogP contribution in [0.3, 0.4) is 0 Å². The Morgan fingerprint density at radius 1 is 1.35 bits per heavy atom. The van der Waals surface area contributed by atoms with Crippen molar-refractivity contribution < 1.29 is 0 Å². The predicted octanol–water partition coefficient (Wildman–Crippen LogP) is 3.00. The number of rotatable bonds is 5. The van der Waals surface area contributed by atoms with Crippen molar-refractivity contribution >= 4 is 17.3 Å². The smallest absolute Gasteiger partial charge is 0.0498 e. The average molecular weight is 251 g/mol. The summed E-state index contributed by atoms with van der Waals surface area (Å²) in [6.45, 7) is 4.05. The minimum Gasteiger partial charge on any atom is -0.343 e. The highest BCUT2D eigenvalue weighted by molar-refractivity contribution is 6.18. The first-order chi connectivity index (χ1) is 8.31. The highest BCUT2D eigenvalue weighted by Crippen LogP contribution is 2.27. The maximum Gasteiger partial charge on any atom is 0.0498 e. The van der Waals surface area contributed by atoms with Gasteiger partial charge in [-0.25, -0.2) is 0 Å².